The number of aromatic nitrogens is 3. The van der Waals surface area contributed by atoms with E-state index in [1.54, 1.807) is 6.20 Å². The Morgan fingerprint density at radius 2 is 1.92 bits per heavy atom. The largest absolute Gasteiger partial charge is 0.311 e. The summed E-state index contributed by atoms with van der Waals surface area (Å²) in [7, 11) is 0. The Morgan fingerprint density at radius 1 is 1.12 bits per heavy atom. The molecule has 26 heavy (non-hydrogen) atoms. The Kier molecular flexibility index (Phi) is 5.53. The minimum absolute atomic E-state index is 0.120. The zero-order valence-electron chi connectivity index (χ0n) is 14.6. The zero-order chi connectivity index (χ0) is 18.4. The van der Waals surface area contributed by atoms with Gasteiger partial charge in [0, 0.05) is 30.8 Å². The Morgan fingerprint density at radius 3 is 2.65 bits per heavy atom. The summed E-state index contributed by atoms with van der Waals surface area (Å²) >= 11 is 0. The molecule has 1 amide bonds. The van der Waals surface area contributed by atoms with Crippen LogP contribution >= 0.6 is 0 Å². The van der Waals surface area contributed by atoms with Crippen LogP contribution < -0.4 is 10.9 Å². The third kappa shape index (κ3) is 4.63. The number of hydrogen-bond acceptors (Lipinski definition) is 4. The van der Waals surface area contributed by atoms with Crippen molar-refractivity contribution in [3.05, 3.63) is 77.0 Å². The van der Waals surface area contributed by atoms with Crippen molar-refractivity contribution in [3.63, 3.8) is 0 Å². The number of amides is 1. The number of nitrogens with one attached hydrogen (secondary N) is 1. The van der Waals surface area contributed by atoms with Crippen molar-refractivity contribution in [2.24, 2.45) is 0 Å². The molecule has 0 spiro atoms. The van der Waals surface area contributed by atoms with Crippen LogP contribution in [0.25, 0.3) is 11.3 Å². The molecule has 2 heterocycles. The van der Waals surface area contributed by atoms with E-state index in [1.807, 2.05) is 49.4 Å². The first kappa shape index (κ1) is 17.5. The van der Waals surface area contributed by atoms with Crippen LogP contribution in [0, 0.1) is 6.92 Å². The average molecular weight is 348 g/mol. The third-order valence-electron chi connectivity index (χ3n) is 3.93. The number of pyridine rings is 1. The van der Waals surface area contributed by atoms with Crippen LogP contribution in [0.3, 0.4) is 0 Å². The van der Waals surface area contributed by atoms with Crippen molar-refractivity contribution in [3.8, 4) is 11.3 Å². The SMILES string of the molecule is Cc1ccnc(NC(=O)CCCn2cnc(-c3ccccc3)cc2=O)c1. The molecule has 0 atom stereocenters. The second-order valence-corrected chi connectivity index (χ2v) is 6.04. The summed E-state index contributed by atoms with van der Waals surface area (Å²) in [5.74, 6) is 0.422. The van der Waals surface area contributed by atoms with E-state index in [2.05, 4.69) is 15.3 Å². The van der Waals surface area contributed by atoms with E-state index in [0.717, 1.165) is 11.1 Å². The molecular formula is C20H20N4O2. The second kappa shape index (κ2) is 8.20. The topological polar surface area (TPSA) is 76.9 Å². The summed E-state index contributed by atoms with van der Waals surface area (Å²) in [5, 5.41) is 2.76. The maximum absolute atomic E-state index is 12.2. The number of carbonyl (C=O) groups is 1. The van der Waals surface area contributed by atoms with Crippen molar-refractivity contribution < 1.29 is 4.79 Å². The summed E-state index contributed by atoms with van der Waals surface area (Å²) in [6, 6.07) is 14.8. The van der Waals surface area contributed by atoms with E-state index in [-0.39, 0.29) is 11.5 Å². The van der Waals surface area contributed by atoms with E-state index in [4.69, 9.17) is 0 Å². The molecule has 0 radical (unpaired) electrons. The van der Waals surface area contributed by atoms with Crippen molar-refractivity contribution in [2.75, 3.05) is 5.32 Å². The van der Waals surface area contributed by atoms with Gasteiger partial charge in [0.05, 0.1) is 12.0 Å². The van der Waals surface area contributed by atoms with Gasteiger partial charge in [-0.25, -0.2) is 9.97 Å². The Bertz CT molecular complexity index is 951. The lowest BCUT2D eigenvalue weighted by molar-refractivity contribution is -0.116. The molecule has 6 nitrogen and oxygen atoms in total. The van der Waals surface area contributed by atoms with Gasteiger partial charge in [0.1, 0.15) is 5.82 Å². The van der Waals surface area contributed by atoms with E-state index in [9.17, 15) is 9.59 Å². The van der Waals surface area contributed by atoms with Crippen molar-refractivity contribution >= 4 is 11.7 Å². The van der Waals surface area contributed by atoms with Gasteiger partial charge in [0.25, 0.3) is 5.56 Å². The van der Waals surface area contributed by atoms with Gasteiger partial charge < -0.3 is 5.32 Å². The number of aryl methyl sites for hydroxylation is 2. The van der Waals surface area contributed by atoms with Gasteiger partial charge in [-0.15, -0.1) is 0 Å². The Balaban J connectivity index is 1.55. The van der Waals surface area contributed by atoms with E-state index >= 15 is 0 Å². The summed E-state index contributed by atoms with van der Waals surface area (Å²) in [5.41, 5.74) is 2.46. The molecule has 0 fully saturated rings. The highest BCUT2D eigenvalue weighted by Gasteiger charge is 2.06. The lowest BCUT2D eigenvalue weighted by Crippen LogP contribution is -2.21. The molecule has 3 aromatic rings. The molecule has 0 saturated heterocycles. The van der Waals surface area contributed by atoms with Gasteiger partial charge in [0.2, 0.25) is 5.91 Å². The van der Waals surface area contributed by atoms with Crippen LogP contribution in [0.4, 0.5) is 5.82 Å². The monoisotopic (exact) mass is 348 g/mol. The fraction of sp³-hybridized carbons (Fsp3) is 0.200. The van der Waals surface area contributed by atoms with Gasteiger partial charge in [-0.1, -0.05) is 30.3 Å². The van der Waals surface area contributed by atoms with E-state index in [1.165, 1.54) is 17.0 Å². The third-order valence-corrected chi connectivity index (χ3v) is 3.93. The van der Waals surface area contributed by atoms with Gasteiger partial charge >= 0.3 is 0 Å². The Hall–Kier alpha value is -3.28. The quantitative estimate of drug-likeness (QED) is 0.743. The molecule has 1 aromatic carbocycles. The maximum atomic E-state index is 12.2. The first-order valence-corrected chi connectivity index (χ1v) is 8.46. The molecule has 0 aliphatic carbocycles. The highest BCUT2D eigenvalue weighted by Crippen LogP contribution is 2.13. The first-order valence-electron chi connectivity index (χ1n) is 8.46. The van der Waals surface area contributed by atoms with E-state index < -0.39 is 0 Å². The van der Waals surface area contributed by atoms with Gasteiger partial charge in [-0.3, -0.25) is 14.2 Å². The van der Waals surface area contributed by atoms with Crippen molar-refractivity contribution in [1.82, 2.24) is 14.5 Å². The van der Waals surface area contributed by atoms with Gasteiger partial charge in [0.15, 0.2) is 0 Å². The molecule has 0 aliphatic rings. The first-order chi connectivity index (χ1) is 12.6. The Labute approximate surface area is 151 Å². The number of rotatable bonds is 6. The van der Waals surface area contributed by atoms with Crippen LogP contribution in [0.5, 0.6) is 0 Å². The fourth-order valence-electron chi connectivity index (χ4n) is 2.58. The van der Waals surface area contributed by atoms with Gasteiger partial charge in [-0.05, 0) is 31.0 Å². The number of carbonyl (C=O) groups excluding carboxylic acids is 1. The lowest BCUT2D eigenvalue weighted by atomic mass is 10.1. The molecule has 0 unspecified atom stereocenters. The van der Waals surface area contributed by atoms with Crippen LogP contribution in [0.2, 0.25) is 0 Å². The minimum atomic E-state index is -0.125. The van der Waals surface area contributed by atoms with Crippen LogP contribution in [-0.2, 0) is 11.3 Å². The van der Waals surface area contributed by atoms with Gasteiger partial charge in [-0.2, -0.15) is 0 Å². The van der Waals surface area contributed by atoms with Crippen LogP contribution in [-0.4, -0.2) is 20.4 Å². The maximum Gasteiger partial charge on any atom is 0.253 e. The summed E-state index contributed by atoms with van der Waals surface area (Å²) in [6.45, 7) is 2.38. The predicted molar refractivity (Wildman–Crippen MR) is 101 cm³/mol. The van der Waals surface area contributed by atoms with Crippen LogP contribution in [0.1, 0.15) is 18.4 Å². The smallest absolute Gasteiger partial charge is 0.253 e. The molecule has 3 rings (SSSR count). The highest BCUT2D eigenvalue weighted by molar-refractivity contribution is 5.89. The summed E-state index contributed by atoms with van der Waals surface area (Å²) in [6.07, 6.45) is 4.04. The standard InChI is InChI=1S/C20H20N4O2/c1-15-9-10-21-18(12-15)23-19(25)8-5-11-24-14-22-17(13-20(24)26)16-6-3-2-4-7-16/h2-4,6-7,9-10,12-14H,5,8,11H2,1H3,(H,21,23,25). The normalized spacial score (nSPS) is 10.5. The number of benzene rings is 1. The lowest BCUT2D eigenvalue weighted by Gasteiger charge is -2.07. The van der Waals surface area contributed by atoms with E-state index in [0.29, 0.717) is 30.9 Å². The number of hydrogen-bond donors (Lipinski definition) is 1. The molecule has 0 saturated carbocycles. The minimum Gasteiger partial charge on any atom is -0.311 e. The zero-order valence-corrected chi connectivity index (χ0v) is 14.6. The number of nitrogens with zero attached hydrogens (tertiary/aromatic N) is 3. The second-order valence-electron chi connectivity index (χ2n) is 6.04. The summed E-state index contributed by atoms with van der Waals surface area (Å²) < 4.78 is 1.52. The molecule has 0 aliphatic heterocycles. The van der Waals surface area contributed by atoms with Crippen molar-refractivity contribution in [2.45, 2.75) is 26.3 Å². The van der Waals surface area contributed by atoms with Crippen LogP contribution in [0.15, 0.2) is 65.8 Å². The highest BCUT2D eigenvalue weighted by atomic mass is 16.1. The number of anilines is 1. The molecule has 6 heteroatoms. The molecular weight excluding hydrogens is 328 g/mol. The summed E-state index contributed by atoms with van der Waals surface area (Å²) in [4.78, 5) is 32.7. The molecule has 2 aromatic heterocycles. The fourth-order valence-corrected chi connectivity index (χ4v) is 2.58. The predicted octanol–water partition coefficient (Wildman–Crippen LogP) is 3.03. The van der Waals surface area contributed by atoms with Crippen molar-refractivity contribution in [1.29, 1.82) is 0 Å². The molecule has 1 N–H and O–H groups in total. The molecule has 132 valence electrons. The molecule has 0 bridgehead atoms. The average Bonchev–Trinajstić information content (AvgIpc) is 2.64.